The molecule has 1 saturated heterocycles. The van der Waals surface area contributed by atoms with Crippen molar-refractivity contribution in [2.75, 3.05) is 6.26 Å². The fraction of sp³-hybridized carbons (Fsp3) is 0.273. The molecule has 162 valence electrons. The summed E-state index contributed by atoms with van der Waals surface area (Å²) in [6.45, 7) is 0. The molecule has 0 saturated carbocycles. The van der Waals surface area contributed by atoms with Gasteiger partial charge in [-0.1, -0.05) is 60.7 Å². The van der Waals surface area contributed by atoms with E-state index in [0.717, 1.165) is 17.4 Å². The minimum Gasteiger partial charge on any atom is -0.448 e. The van der Waals surface area contributed by atoms with Crippen molar-refractivity contribution in [3.05, 3.63) is 83.2 Å². The predicted octanol–water partition coefficient (Wildman–Crippen LogP) is 1.84. The van der Waals surface area contributed by atoms with Gasteiger partial charge in [0, 0.05) is 6.42 Å². The molecular weight excluding hydrogens is 420 g/mol. The van der Waals surface area contributed by atoms with E-state index in [-0.39, 0.29) is 17.9 Å². The van der Waals surface area contributed by atoms with Crippen LogP contribution in [-0.2, 0) is 28.6 Å². The average Bonchev–Trinajstić information content (AvgIpc) is 2.76. The lowest BCUT2D eigenvalue weighted by Gasteiger charge is -2.48. The van der Waals surface area contributed by atoms with Gasteiger partial charge in [0.25, 0.3) is 0 Å². The quantitative estimate of drug-likeness (QED) is 0.412. The summed E-state index contributed by atoms with van der Waals surface area (Å²) in [7, 11) is -3.91. The van der Waals surface area contributed by atoms with E-state index in [4.69, 9.17) is 14.7 Å². The second kappa shape index (κ2) is 8.16. The summed E-state index contributed by atoms with van der Waals surface area (Å²) < 4.78 is 34.4. The van der Waals surface area contributed by atoms with Crippen molar-refractivity contribution < 1.29 is 26.9 Å². The highest BCUT2D eigenvalue weighted by molar-refractivity contribution is 7.86. The standard InChI is InChI=1S/C22H22N2O6S/c1-31(27,28)30-17-13-12-16-18(23)21(25)24(16)19(17)22(26)29-20(14-8-4-2-5-9-14)15-10-6-3-7-11-15/h2-11,16,18,20H,12-13,23H2,1H3/t16-,18+/m1/s1. The van der Waals surface area contributed by atoms with Crippen LogP contribution in [0.3, 0.4) is 0 Å². The number of carbonyl (C=O) groups is 2. The summed E-state index contributed by atoms with van der Waals surface area (Å²) in [5, 5.41) is 0. The minimum absolute atomic E-state index is 0.108. The molecule has 0 radical (unpaired) electrons. The van der Waals surface area contributed by atoms with E-state index in [1.165, 1.54) is 4.90 Å². The van der Waals surface area contributed by atoms with Crippen LogP contribution in [0.1, 0.15) is 30.1 Å². The van der Waals surface area contributed by atoms with Gasteiger partial charge < -0.3 is 14.7 Å². The van der Waals surface area contributed by atoms with Crippen molar-refractivity contribution in [3.63, 3.8) is 0 Å². The van der Waals surface area contributed by atoms with Gasteiger partial charge in [-0.3, -0.25) is 9.69 Å². The minimum atomic E-state index is -3.91. The van der Waals surface area contributed by atoms with Crippen molar-refractivity contribution in [1.29, 1.82) is 0 Å². The number of allylic oxidation sites excluding steroid dienone is 1. The number of ether oxygens (including phenoxy) is 1. The third-order valence-corrected chi connectivity index (χ3v) is 5.82. The zero-order chi connectivity index (χ0) is 22.2. The van der Waals surface area contributed by atoms with Gasteiger partial charge in [0.05, 0.1) is 12.3 Å². The Morgan fingerprint density at radius 3 is 2.13 bits per heavy atom. The third kappa shape index (κ3) is 4.19. The number of hydrogen-bond donors (Lipinski definition) is 1. The molecule has 0 aromatic heterocycles. The molecule has 0 spiro atoms. The Balaban J connectivity index is 1.72. The van der Waals surface area contributed by atoms with Crippen LogP contribution in [0.15, 0.2) is 72.1 Å². The maximum atomic E-state index is 13.3. The highest BCUT2D eigenvalue weighted by Gasteiger charge is 2.52. The molecule has 2 aliphatic rings. The SMILES string of the molecule is CS(=O)(=O)OC1=C(C(=O)OC(c2ccccc2)c2ccccc2)N2C(=O)[C@@H](N)[C@H]2CC1. The lowest BCUT2D eigenvalue weighted by Crippen LogP contribution is -2.69. The maximum absolute atomic E-state index is 13.3. The normalized spacial score (nSPS) is 20.9. The van der Waals surface area contributed by atoms with Crippen LogP contribution >= 0.6 is 0 Å². The maximum Gasteiger partial charge on any atom is 0.359 e. The van der Waals surface area contributed by atoms with Gasteiger partial charge in [-0.05, 0) is 17.5 Å². The first-order chi connectivity index (χ1) is 14.8. The van der Waals surface area contributed by atoms with Crippen LogP contribution in [0.25, 0.3) is 0 Å². The van der Waals surface area contributed by atoms with Gasteiger partial charge in [-0.2, -0.15) is 8.42 Å². The zero-order valence-corrected chi connectivity index (χ0v) is 17.6. The molecule has 2 heterocycles. The van der Waals surface area contributed by atoms with Crippen molar-refractivity contribution >= 4 is 22.0 Å². The van der Waals surface area contributed by atoms with Crippen LogP contribution in [0.4, 0.5) is 0 Å². The van der Waals surface area contributed by atoms with E-state index in [1.54, 1.807) is 0 Å². The Labute approximate surface area is 180 Å². The summed E-state index contributed by atoms with van der Waals surface area (Å²) in [5.74, 6) is -1.42. The van der Waals surface area contributed by atoms with Crippen LogP contribution in [-0.4, -0.2) is 43.5 Å². The highest BCUT2D eigenvalue weighted by Crippen LogP contribution is 2.38. The van der Waals surface area contributed by atoms with Gasteiger partial charge in [0.2, 0.25) is 5.91 Å². The van der Waals surface area contributed by atoms with Crippen LogP contribution in [0, 0.1) is 0 Å². The zero-order valence-electron chi connectivity index (χ0n) is 16.8. The molecule has 2 atom stereocenters. The number of benzene rings is 2. The third-order valence-electron chi connectivity index (χ3n) is 5.32. The number of amides is 1. The Bertz CT molecular complexity index is 1090. The number of nitrogens with two attached hydrogens (primary N) is 1. The molecule has 1 fully saturated rings. The van der Waals surface area contributed by atoms with E-state index >= 15 is 0 Å². The molecule has 8 nitrogen and oxygen atoms in total. The van der Waals surface area contributed by atoms with Crippen molar-refractivity contribution in [2.45, 2.75) is 31.0 Å². The second-order valence-electron chi connectivity index (χ2n) is 7.51. The van der Waals surface area contributed by atoms with Crippen LogP contribution in [0.2, 0.25) is 0 Å². The number of nitrogens with zero attached hydrogens (tertiary/aromatic N) is 1. The van der Waals surface area contributed by atoms with Crippen molar-refractivity contribution in [3.8, 4) is 0 Å². The molecule has 0 unspecified atom stereocenters. The number of esters is 1. The van der Waals surface area contributed by atoms with E-state index < -0.39 is 40.2 Å². The van der Waals surface area contributed by atoms with E-state index in [9.17, 15) is 18.0 Å². The first-order valence-electron chi connectivity index (χ1n) is 9.78. The topological polar surface area (TPSA) is 116 Å². The first-order valence-corrected chi connectivity index (χ1v) is 11.6. The van der Waals surface area contributed by atoms with Crippen molar-refractivity contribution in [1.82, 2.24) is 4.90 Å². The molecule has 0 bridgehead atoms. The first kappa shape index (κ1) is 21.1. The molecule has 2 N–H and O–H groups in total. The fourth-order valence-corrected chi connectivity index (χ4v) is 4.43. The average molecular weight is 442 g/mol. The summed E-state index contributed by atoms with van der Waals surface area (Å²) in [4.78, 5) is 26.9. The molecule has 2 aliphatic heterocycles. The Kier molecular flexibility index (Phi) is 5.55. The monoisotopic (exact) mass is 442 g/mol. The number of hydrogen-bond acceptors (Lipinski definition) is 7. The summed E-state index contributed by atoms with van der Waals surface area (Å²) >= 11 is 0. The molecule has 1 amide bonds. The summed E-state index contributed by atoms with van der Waals surface area (Å²) in [5.41, 5.74) is 7.12. The second-order valence-corrected chi connectivity index (χ2v) is 9.08. The van der Waals surface area contributed by atoms with Gasteiger partial charge >= 0.3 is 16.1 Å². The largest absolute Gasteiger partial charge is 0.448 e. The van der Waals surface area contributed by atoms with E-state index in [0.29, 0.717) is 6.42 Å². The highest BCUT2D eigenvalue weighted by atomic mass is 32.2. The van der Waals surface area contributed by atoms with Gasteiger partial charge in [-0.15, -0.1) is 0 Å². The van der Waals surface area contributed by atoms with Crippen LogP contribution < -0.4 is 5.73 Å². The Morgan fingerprint density at radius 1 is 1.06 bits per heavy atom. The summed E-state index contributed by atoms with van der Waals surface area (Å²) in [6.07, 6.45) is 0.679. The predicted molar refractivity (Wildman–Crippen MR) is 112 cm³/mol. The molecule has 2 aromatic carbocycles. The smallest absolute Gasteiger partial charge is 0.359 e. The molecule has 4 rings (SSSR count). The van der Waals surface area contributed by atoms with Gasteiger partial charge in [0.15, 0.2) is 17.6 Å². The van der Waals surface area contributed by atoms with Crippen LogP contribution in [0.5, 0.6) is 0 Å². The van der Waals surface area contributed by atoms with Gasteiger partial charge in [-0.25, -0.2) is 4.79 Å². The van der Waals surface area contributed by atoms with Gasteiger partial charge in [0.1, 0.15) is 6.04 Å². The molecule has 0 aliphatic carbocycles. The molecule has 2 aromatic rings. The van der Waals surface area contributed by atoms with Crippen molar-refractivity contribution in [2.24, 2.45) is 5.73 Å². The summed E-state index contributed by atoms with van der Waals surface area (Å²) in [6, 6.07) is 17.1. The number of β-lactam (4-membered cyclic amide) rings is 1. The van der Waals surface area contributed by atoms with E-state index in [1.807, 2.05) is 60.7 Å². The molecular formula is C22H22N2O6S. The Hall–Kier alpha value is -3.17. The fourth-order valence-electron chi connectivity index (χ4n) is 3.91. The number of fused-ring (bicyclic) bond motifs is 1. The lowest BCUT2D eigenvalue weighted by molar-refractivity contribution is -0.157. The number of carbonyl (C=O) groups excluding carboxylic acids is 2. The molecule has 9 heteroatoms. The Morgan fingerprint density at radius 2 is 1.61 bits per heavy atom. The number of rotatable bonds is 6. The lowest BCUT2D eigenvalue weighted by atomic mass is 9.86. The molecule has 31 heavy (non-hydrogen) atoms. The van der Waals surface area contributed by atoms with E-state index in [2.05, 4.69) is 0 Å².